The highest BCUT2D eigenvalue weighted by Gasteiger charge is 2.35. The second-order valence-electron chi connectivity index (χ2n) is 8.68. The van der Waals surface area contributed by atoms with Crippen LogP contribution in [0.1, 0.15) is 74.5 Å². The molecule has 0 spiro atoms. The first kappa shape index (κ1) is 20.0. The number of benzene rings is 2. The van der Waals surface area contributed by atoms with E-state index in [1.54, 1.807) is 12.1 Å². The Hall–Kier alpha value is -2.28. The minimum Gasteiger partial charge on any atom is -0.206 e. The fourth-order valence-corrected chi connectivity index (χ4v) is 5.44. The Labute approximate surface area is 170 Å². The van der Waals surface area contributed by atoms with Crippen molar-refractivity contribution in [1.82, 2.24) is 0 Å². The third-order valence-electron chi connectivity index (χ3n) is 6.93. The predicted molar refractivity (Wildman–Crippen MR) is 108 cm³/mol. The zero-order valence-electron chi connectivity index (χ0n) is 16.8. The number of fused-ring (bicyclic) bond motifs is 3. The van der Waals surface area contributed by atoms with Crippen LogP contribution in [-0.4, -0.2) is 0 Å². The largest absolute Gasteiger partial charge is 0.206 e. The second-order valence-corrected chi connectivity index (χ2v) is 8.68. The van der Waals surface area contributed by atoms with Crippen LogP contribution in [0.3, 0.4) is 0 Å². The maximum atomic E-state index is 15.0. The first-order chi connectivity index (χ1) is 14.0. The third kappa shape index (κ3) is 3.80. The maximum Gasteiger partial charge on any atom is 0.144 e. The Morgan fingerprint density at radius 3 is 2.45 bits per heavy atom. The SMILES string of the molecule is CCCCC1CCC2c3cc(F)c(-c4cc(F)c(C#N)c(F)c4)cc3CCC2C1. The van der Waals surface area contributed by atoms with Crippen molar-refractivity contribution in [3.8, 4) is 17.2 Å². The standard InChI is InChI=1S/C25H26F3N/c1-2-3-4-15-5-8-19-16(9-15)6-7-17-10-21(25(28)13-20(17)19)18-11-23(26)22(14-29)24(27)12-18/h10-13,15-16,19H,2-9H2,1H3. The smallest absolute Gasteiger partial charge is 0.144 e. The first-order valence-corrected chi connectivity index (χ1v) is 10.7. The average Bonchev–Trinajstić information content (AvgIpc) is 2.71. The zero-order valence-corrected chi connectivity index (χ0v) is 16.8. The molecule has 3 unspecified atom stereocenters. The summed E-state index contributed by atoms with van der Waals surface area (Å²) in [4.78, 5) is 0. The monoisotopic (exact) mass is 397 g/mol. The molecular formula is C25H26F3N. The molecule has 0 saturated heterocycles. The van der Waals surface area contributed by atoms with E-state index in [2.05, 4.69) is 6.92 Å². The molecule has 0 bridgehead atoms. The van der Waals surface area contributed by atoms with Gasteiger partial charge in [0.05, 0.1) is 0 Å². The summed E-state index contributed by atoms with van der Waals surface area (Å²) in [6.45, 7) is 2.23. The minimum absolute atomic E-state index is 0.143. The van der Waals surface area contributed by atoms with Crippen molar-refractivity contribution >= 4 is 0 Å². The molecule has 0 amide bonds. The van der Waals surface area contributed by atoms with Crippen LogP contribution < -0.4 is 0 Å². The Morgan fingerprint density at radius 1 is 1.00 bits per heavy atom. The quantitative estimate of drug-likeness (QED) is 0.532. The number of nitriles is 1. The van der Waals surface area contributed by atoms with Crippen LogP contribution in [0.2, 0.25) is 0 Å². The van der Waals surface area contributed by atoms with E-state index in [4.69, 9.17) is 5.26 Å². The van der Waals surface area contributed by atoms with E-state index in [-0.39, 0.29) is 11.1 Å². The molecule has 0 aromatic heterocycles. The van der Waals surface area contributed by atoms with Gasteiger partial charge < -0.3 is 0 Å². The van der Waals surface area contributed by atoms with Crippen LogP contribution in [0.15, 0.2) is 24.3 Å². The van der Waals surface area contributed by atoms with Gasteiger partial charge in [-0.05, 0) is 90.8 Å². The van der Waals surface area contributed by atoms with E-state index in [1.807, 2.05) is 0 Å². The molecule has 0 aliphatic heterocycles. The summed E-state index contributed by atoms with van der Waals surface area (Å²) in [7, 11) is 0. The molecule has 2 aliphatic rings. The molecular weight excluding hydrogens is 371 g/mol. The highest BCUT2D eigenvalue weighted by atomic mass is 19.1. The van der Waals surface area contributed by atoms with Gasteiger partial charge in [-0.25, -0.2) is 13.2 Å². The summed E-state index contributed by atoms with van der Waals surface area (Å²) < 4.78 is 43.1. The van der Waals surface area contributed by atoms with Gasteiger partial charge in [0, 0.05) is 5.56 Å². The number of hydrogen-bond acceptors (Lipinski definition) is 1. The van der Waals surface area contributed by atoms with Gasteiger partial charge in [-0.2, -0.15) is 5.26 Å². The van der Waals surface area contributed by atoms with Crippen molar-refractivity contribution in [2.45, 2.75) is 64.2 Å². The summed E-state index contributed by atoms with van der Waals surface area (Å²) in [5.74, 6) is -0.537. The van der Waals surface area contributed by atoms with Gasteiger partial charge in [-0.1, -0.05) is 26.2 Å². The summed E-state index contributed by atoms with van der Waals surface area (Å²) >= 11 is 0. The molecule has 1 fully saturated rings. The van der Waals surface area contributed by atoms with E-state index >= 15 is 4.39 Å². The molecule has 29 heavy (non-hydrogen) atoms. The van der Waals surface area contributed by atoms with Crippen molar-refractivity contribution in [1.29, 1.82) is 5.26 Å². The van der Waals surface area contributed by atoms with E-state index in [0.717, 1.165) is 48.4 Å². The van der Waals surface area contributed by atoms with Gasteiger partial charge >= 0.3 is 0 Å². The van der Waals surface area contributed by atoms with Gasteiger partial charge in [0.2, 0.25) is 0 Å². The average molecular weight is 397 g/mol. The Kier molecular flexibility index (Phi) is 5.67. The fraction of sp³-hybridized carbons (Fsp3) is 0.480. The lowest BCUT2D eigenvalue weighted by atomic mass is 9.64. The summed E-state index contributed by atoms with van der Waals surface area (Å²) in [5.41, 5.74) is 1.91. The molecule has 3 atom stereocenters. The fourth-order valence-electron chi connectivity index (χ4n) is 5.44. The molecule has 0 heterocycles. The van der Waals surface area contributed by atoms with Gasteiger partial charge in [0.25, 0.3) is 0 Å². The lowest BCUT2D eigenvalue weighted by Crippen LogP contribution is -2.28. The lowest BCUT2D eigenvalue weighted by molar-refractivity contribution is 0.199. The molecule has 2 aromatic carbocycles. The Balaban J connectivity index is 1.63. The Morgan fingerprint density at radius 2 is 1.76 bits per heavy atom. The van der Waals surface area contributed by atoms with Crippen molar-refractivity contribution < 1.29 is 13.2 Å². The number of hydrogen-bond donors (Lipinski definition) is 0. The molecule has 0 N–H and O–H groups in total. The zero-order chi connectivity index (χ0) is 20.5. The van der Waals surface area contributed by atoms with Crippen LogP contribution in [0.25, 0.3) is 11.1 Å². The number of unbranched alkanes of at least 4 members (excludes halogenated alkanes) is 1. The van der Waals surface area contributed by atoms with Crippen LogP contribution in [-0.2, 0) is 6.42 Å². The summed E-state index contributed by atoms with van der Waals surface area (Å²) in [6.07, 6.45) is 9.34. The number of rotatable bonds is 4. The maximum absolute atomic E-state index is 15.0. The van der Waals surface area contributed by atoms with E-state index in [0.29, 0.717) is 11.8 Å². The highest BCUT2D eigenvalue weighted by molar-refractivity contribution is 5.67. The Bertz CT molecular complexity index is 936. The van der Waals surface area contributed by atoms with E-state index < -0.39 is 23.0 Å². The molecule has 152 valence electrons. The molecule has 4 rings (SSSR count). The second kappa shape index (κ2) is 8.22. The lowest BCUT2D eigenvalue weighted by Gasteiger charge is -2.41. The summed E-state index contributed by atoms with van der Waals surface area (Å²) in [6, 6.07) is 6.98. The van der Waals surface area contributed by atoms with Crippen molar-refractivity contribution in [2.24, 2.45) is 11.8 Å². The van der Waals surface area contributed by atoms with Gasteiger partial charge in [0.1, 0.15) is 29.1 Å². The number of halogens is 3. The van der Waals surface area contributed by atoms with E-state index in [9.17, 15) is 8.78 Å². The highest BCUT2D eigenvalue weighted by Crippen LogP contribution is 2.48. The molecule has 2 aliphatic carbocycles. The van der Waals surface area contributed by atoms with Crippen LogP contribution in [0.5, 0.6) is 0 Å². The predicted octanol–water partition coefficient (Wildman–Crippen LogP) is 7.28. The van der Waals surface area contributed by atoms with Crippen LogP contribution in [0.4, 0.5) is 13.2 Å². The van der Waals surface area contributed by atoms with Crippen LogP contribution >= 0.6 is 0 Å². The van der Waals surface area contributed by atoms with Crippen molar-refractivity contribution in [3.05, 3.63) is 58.4 Å². The first-order valence-electron chi connectivity index (χ1n) is 10.7. The van der Waals surface area contributed by atoms with Crippen LogP contribution in [0, 0.1) is 40.6 Å². The normalized spacial score (nSPS) is 23.2. The molecule has 1 nitrogen and oxygen atoms in total. The molecule has 2 aromatic rings. The molecule has 0 radical (unpaired) electrons. The molecule has 1 saturated carbocycles. The van der Waals surface area contributed by atoms with Crippen molar-refractivity contribution in [2.75, 3.05) is 0 Å². The minimum atomic E-state index is -0.954. The van der Waals surface area contributed by atoms with Gasteiger partial charge in [0.15, 0.2) is 0 Å². The third-order valence-corrected chi connectivity index (χ3v) is 6.93. The van der Waals surface area contributed by atoms with Crippen molar-refractivity contribution in [3.63, 3.8) is 0 Å². The topological polar surface area (TPSA) is 23.8 Å². The molecule has 4 heteroatoms. The number of aryl methyl sites for hydroxylation is 1. The van der Waals surface area contributed by atoms with E-state index in [1.165, 1.54) is 38.2 Å². The van der Waals surface area contributed by atoms with Gasteiger partial charge in [-0.3, -0.25) is 0 Å². The summed E-state index contributed by atoms with van der Waals surface area (Å²) in [5, 5.41) is 8.85. The van der Waals surface area contributed by atoms with Gasteiger partial charge in [-0.15, -0.1) is 0 Å². The number of nitrogens with zero attached hydrogens (tertiary/aromatic N) is 1.